The number of rotatable bonds is 4. The van der Waals surface area contributed by atoms with Crippen LogP contribution in [0.1, 0.15) is 76.0 Å². The fraction of sp³-hybridized carbons (Fsp3) is 0.846. The molecule has 1 heterocycles. The zero-order valence-corrected chi connectivity index (χ0v) is 10.9. The van der Waals surface area contributed by atoms with Gasteiger partial charge >= 0.3 is 0 Å². The summed E-state index contributed by atoms with van der Waals surface area (Å²) in [6, 6.07) is -0.160. The number of aromatic nitrogens is 2. The Labute approximate surface area is 103 Å². The lowest BCUT2D eigenvalue weighted by Crippen LogP contribution is -2.14. The molecule has 0 radical (unpaired) electrons. The van der Waals surface area contributed by atoms with Gasteiger partial charge in [-0.3, -0.25) is 0 Å². The minimum Gasteiger partial charge on any atom is -0.338 e. The Morgan fingerprint density at radius 1 is 1.35 bits per heavy atom. The molecule has 0 spiro atoms. The predicted molar refractivity (Wildman–Crippen MR) is 66.5 cm³/mol. The number of hydrogen-bond donors (Lipinski definition) is 1. The van der Waals surface area contributed by atoms with Gasteiger partial charge in [-0.15, -0.1) is 0 Å². The first-order chi connectivity index (χ1) is 8.20. The highest BCUT2D eigenvalue weighted by atomic mass is 16.5. The van der Waals surface area contributed by atoms with Crippen molar-refractivity contribution in [1.82, 2.24) is 10.1 Å². The first-order valence-corrected chi connectivity index (χ1v) is 6.79. The highest BCUT2D eigenvalue weighted by Crippen LogP contribution is 2.36. The van der Waals surface area contributed by atoms with Crippen LogP contribution in [0, 0.1) is 5.92 Å². The monoisotopic (exact) mass is 237 g/mol. The van der Waals surface area contributed by atoms with Gasteiger partial charge in [-0.25, -0.2) is 0 Å². The fourth-order valence-electron chi connectivity index (χ4n) is 2.72. The summed E-state index contributed by atoms with van der Waals surface area (Å²) < 4.78 is 5.17. The molecular weight excluding hydrogens is 214 g/mol. The van der Waals surface area contributed by atoms with Gasteiger partial charge in [0.25, 0.3) is 0 Å². The van der Waals surface area contributed by atoms with Crippen LogP contribution in [0.2, 0.25) is 0 Å². The van der Waals surface area contributed by atoms with Gasteiger partial charge in [0.1, 0.15) is 0 Å². The highest BCUT2D eigenvalue weighted by molar-refractivity contribution is 4.99. The molecule has 4 heteroatoms. The third kappa shape index (κ3) is 3.06. The summed E-state index contributed by atoms with van der Waals surface area (Å²) in [6.45, 7) is 4.13. The van der Waals surface area contributed by atoms with Crippen molar-refractivity contribution in [3.63, 3.8) is 0 Å². The number of nitrogens with two attached hydrogens (primary N) is 1. The lowest BCUT2D eigenvalue weighted by molar-refractivity contribution is 0.294. The Balaban J connectivity index is 1.91. The largest absolute Gasteiger partial charge is 0.338 e. The van der Waals surface area contributed by atoms with Crippen molar-refractivity contribution in [2.75, 3.05) is 0 Å². The molecule has 96 valence electrons. The van der Waals surface area contributed by atoms with E-state index in [-0.39, 0.29) is 6.04 Å². The molecule has 1 saturated carbocycles. The van der Waals surface area contributed by atoms with Crippen LogP contribution < -0.4 is 5.73 Å². The zero-order chi connectivity index (χ0) is 12.3. The van der Waals surface area contributed by atoms with Crippen LogP contribution in [0.15, 0.2) is 4.52 Å². The number of hydrogen-bond acceptors (Lipinski definition) is 4. The summed E-state index contributed by atoms with van der Waals surface area (Å²) in [5.41, 5.74) is 5.72. The molecule has 17 heavy (non-hydrogen) atoms. The molecule has 1 atom stereocenters. The van der Waals surface area contributed by atoms with E-state index in [9.17, 15) is 0 Å². The second-order valence-corrected chi connectivity index (χ2v) is 5.29. The standard InChI is InChI=1S/C13H23N3O/c1-3-4-10-5-7-11(8-6-10)12-15-13(9(2)14)17-16-12/h9-11H,3-8,14H2,1-2H3. The Kier molecular flexibility index (Phi) is 4.15. The van der Waals surface area contributed by atoms with Crippen molar-refractivity contribution in [3.8, 4) is 0 Å². The quantitative estimate of drug-likeness (QED) is 0.873. The minimum atomic E-state index is -0.160. The van der Waals surface area contributed by atoms with E-state index in [0.29, 0.717) is 11.8 Å². The predicted octanol–water partition coefficient (Wildman–Crippen LogP) is 3.16. The summed E-state index contributed by atoms with van der Waals surface area (Å²) >= 11 is 0. The molecule has 0 aromatic carbocycles. The maximum absolute atomic E-state index is 5.72. The lowest BCUT2D eigenvalue weighted by atomic mass is 9.80. The van der Waals surface area contributed by atoms with Crippen LogP contribution in [-0.4, -0.2) is 10.1 Å². The summed E-state index contributed by atoms with van der Waals surface area (Å²) in [7, 11) is 0. The first kappa shape index (κ1) is 12.6. The summed E-state index contributed by atoms with van der Waals surface area (Å²) in [5, 5.41) is 4.07. The highest BCUT2D eigenvalue weighted by Gasteiger charge is 2.25. The Morgan fingerprint density at radius 3 is 2.59 bits per heavy atom. The Bertz CT molecular complexity index is 340. The van der Waals surface area contributed by atoms with Gasteiger partial charge in [-0.2, -0.15) is 4.98 Å². The van der Waals surface area contributed by atoms with Crippen LogP contribution in [0.25, 0.3) is 0 Å². The van der Waals surface area contributed by atoms with Gasteiger partial charge in [0.05, 0.1) is 6.04 Å². The van der Waals surface area contributed by atoms with Crippen LogP contribution in [0.3, 0.4) is 0 Å². The van der Waals surface area contributed by atoms with Crippen molar-refractivity contribution < 1.29 is 4.52 Å². The summed E-state index contributed by atoms with van der Waals surface area (Å²) in [6.07, 6.45) is 7.67. The maximum Gasteiger partial charge on any atom is 0.243 e. The average molecular weight is 237 g/mol. The third-order valence-electron chi connectivity index (χ3n) is 3.76. The molecule has 1 aromatic heterocycles. The molecule has 1 aliphatic carbocycles. The van der Waals surface area contributed by atoms with Gasteiger partial charge in [-0.05, 0) is 38.5 Å². The van der Waals surface area contributed by atoms with E-state index in [0.717, 1.165) is 11.7 Å². The van der Waals surface area contributed by atoms with Crippen molar-refractivity contribution in [2.45, 2.75) is 64.3 Å². The third-order valence-corrected chi connectivity index (χ3v) is 3.76. The van der Waals surface area contributed by atoms with Crippen LogP contribution >= 0.6 is 0 Å². The van der Waals surface area contributed by atoms with E-state index in [1.165, 1.54) is 38.5 Å². The first-order valence-electron chi connectivity index (χ1n) is 6.79. The second-order valence-electron chi connectivity index (χ2n) is 5.29. The van der Waals surface area contributed by atoms with Crippen LogP contribution in [0.5, 0.6) is 0 Å². The molecule has 0 amide bonds. The van der Waals surface area contributed by atoms with Gasteiger partial charge in [-0.1, -0.05) is 24.9 Å². The van der Waals surface area contributed by atoms with Gasteiger partial charge in [0, 0.05) is 5.92 Å². The normalized spacial score (nSPS) is 27.0. The second kappa shape index (κ2) is 5.63. The molecule has 0 bridgehead atoms. The molecule has 1 aromatic rings. The minimum absolute atomic E-state index is 0.160. The Hall–Kier alpha value is -0.900. The zero-order valence-electron chi connectivity index (χ0n) is 10.9. The van der Waals surface area contributed by atoms with Crippen molar-refractivity contribution in [1.29, 1.82) is 0 Å². The van der Waals surface area contributed by atoms with Gasteiger partial charge < -0.3 is 10.3 Å². The van der Waals surface area contributed by atoms with Crippen molar-refractivity contribution in [3.05, 3.63) is 11.7 Å². The topological polar surface area (TPSA) is 64.9 Å². The molecule has 4 nitrogen and oxygen atoms in total. The maximum atomic E-state index is 5.72. The molecule has 1 unspecified atom stereocenters. The van der Waals surface area contributed by atoms with E-state index in [1.54, 1.807) is 0 Å². The van der Waals surface area contributed by atoms with Gasteiger partial charge in [0.15, 0.2) is 5.82 Å². The molecule has 0 saturated heterocycles. The Morgan fingerprint density at radius 2 is 2.06 bits per heavy atom. The van der Waals surface area contributed by atoms with E-state index in [1.807, 2.05) is 6.92 Å². The molecular formula is C13H23N3O. The van der Waals surface area contributed by atoms with E-state index in [4.69, 9.17) is 10.3 Å². The van der Waals surface area contributed by atoms with E-state index < -0.39 is 0 Å². The molecule has 2 rings (SSSR count). The average Bonchev–Trinajstić information content (AvgIpc) is 2.80. The van der Waals surface area contributed by atoms with Crippen molar-refractivity contribution in [2.24, 2.45) is 11.7 Å². The molecule has 0 aliphatic heterocycles. The van der Waals surface area contributed by atoms with Crippen molar-refractivity contribution >= 4 is 0 Å². The summed E-state index contributed by atoms with van der Waals surface area (Å²) in [4.78, 5) is 4.40. The lowest BCUT2D eigenvalue weighted by Gasteiger charge is -2.26. The van der Waals surface area contributed by atoms with E-state index in [2.05, 4.69) is 17.1 Å². The van der Waals surface area contributed by atoms with Gasteiger partial charge in [0.2, 0.25) is 5.89 Å². The SMILES string of the molecule is CCCC1CCC(c2noc(C(C)N)n2)CC1. The van der Waals surface area contributed by atoms with E-state index >= 15 is 0 Å². The fourth-order valence-corrected chi connectivity index (χ4v) is 2.72. The smallest absolute Gasteiger partial charge is 0.243 e. The molecule has 1 aliphatic rings. The summed E-state index contributed by atoms with van der Waals surface area (Å²) in [5.74, 6) is 2.83. The van der Waals surface area contributed by atoms with Crippen LogP contribution in [-0.2, 0) is 0 Å². The number of nitrogens with zero attached hydrogens (tertiary/aromatic N) is 2. The van der Waals surface area contributed by atoms with Crippen LogP contribution in [0.4, 0.5) is 0 Å². The molecule has 1 fully saturated rings. The molecule has 2 N–H and O–H groups in total.